The van der Waals surface area contributed by atoms with Gasteiger partial charge in [0.15, 0.2) is 0 Å². The Hall–Kier alpha value is 0.0500. The van der Waals surface area contributed by atoms with Gasteiger partial charge in [-0.1, -0.05) is 13.8 Å². The fraction of sp³-hybridized carbons (Fsp3) is 0.692. The van der Waals surface area contributed by atoms with E-state index in [4.69, 9.17) is 5.73 Å². The van der Waals surface area contributed by atoms with E-state index in [1.807, 2.05) is 0 Å². The van der Waals surface area contributed by atoms with Gasteiger partial charge in [-0.25, -0.2) is 8.42 Å². The summed E-state index contributed by atoms with van der Waals surface area (Å²) >= 11 is 4.75. The van der Waals surface area contributed by atoms with Crippen LogP contribution in [0.15, 0.2) is 14.7 Å². The summed E-state index contributed by atoms with van der Waals surface area (Å²) in [5.74, 6) is 1.25. The van der Waals surface area contributed by atoms with Crippen molar-refractivity contribution in [1.29, 1.82) is 0 Å². The van der Waals surface area contributed by atoms with Crippen LogP contribution in [0.3, 0.4) is 0 Å². The third-order valence-corrected chi connectivity index (χ3v) is 8.14. The largest absolute Gasteiger partial charge is 0.326 e. The molecule has 0 aliphatic carbocycles. The van der Waals surface area contributed by atoms with Gasteiger partial charge < -0.3 is 5.73 Å². The molecule has 2 rings (SSSR count). The molecule has 1 aromatic rings. The number of halogens is 1. The minimum atomic E-state index is -3.39. The van der Waals surface area contributed by atoms with E-state index in [0.717, 1.165) is 17.7 Å². The number of piperidine rings is 1. The summed E-state index contributed by atoms with van der Waals surface area (Å²) in [5.41, 5.74) is 5.59. The molecule has 1 aliphatic heterocycles. The van der Waals surface area contributed by atoms with Crippen molar-refractivity contribution >= 4 is 37.3 Å². The molecule has 1 fully saturated rings. The molecule has 0 aromatic carbocycles. The Morgan fingerprint density at radius 1 is 1.45 bits per heavy atom. The van der Waals surface area contributed by atoms with E-state index in [9.17, 15) is 8.42 Å². The van der Waals surface area contributed by atoms with Gasteiger partial charge in [0.05, 0.1) is 3.79 Å². The molecule has 114 valence electrons. The second-order valence-electron chi connectivity index (χ2n) is 5.54. The van der Waals surface area contributed by atoms with E-state index in [0.29, 0.717) is 40.2 Å². The third-order valence-electron chi connectivity index (χ3n) is 3.97. The third kappa shape index (κ3) is 3.27. The zero-order valence-corrected chi connectivity index (χ0v) is 15.0. The summed E-state index contributed by atoms with van der Waals surface area (Å²) < 4.78 is 27.6. The monoisotopic (exact) mass is 380 g/mol. The lowest BCUT2D eigenvalue weighted by molar-refractivity contribution is 0.226. The smallest absolute Gasteiger partial charge is 0.245 e. The van der Waals surface area contributed by atoms with Gasteiger partial charge >= 0.3 is 0 Å². The molecule has 0 amide bonds. The first-order valence-corrected chi connectivity index (χ1v) is 9.89. The highest BCUT2D eigenvalue weighted by Crippen LogP contribution is 2.35. The van der Waals surface area contributed by atoms with Crippen molar-refractivity contribution in [3.05, 3.63) is 14.7 Å². The molecule has 2 heterocycles. The molecule has 1 aromatic heterocycles. The highest BCUT2D eigenvalue weighted by molar-refractivity contribution is 9.11. The normalized spacial score (nSPS) is 18.9. The van der Waals surface area contributed by atoms with Crippen LogP contribution in [0, 0.1) is 11.8 Å². The van der Waals surface area contributed by atoms with Crippen LogP contribution in [-0.4, -0.2) is 25.8 Å². The Bertz CT molecular complexity index is 561. The van der Waals surface area contributed by atoms with E-state index in [-0.39, 0.29) is 0 Å². The summed E-state index contributed by atoms with van der Waals surface area (Å²) in [6.07, 6.45) is 1.89. The zero-order chi connectivity index (χ0) is 14.9. The second-order valence-corrected chi connectivity index (χ2v) is 9.90. The molecule has 0 atom stereocenters. The van der Waals surface area contributed by atoms with E-state index in [1.165, 1.54) is 11.3 Å². The summed E-state index contributed by atoms with van der Waals surface area (Å²) in [6, 6.07) is 1.69. The molecule has 0 saturated carbocycles. The van der Waals surface area contributed by atoms with Crippen LogP contribution in [0.1, 0.15) is 31.6 Å². The maximum absolute atomic E-state index is 12.7. The highest BCUT2D eigenvalue weighted by Gasteiger charge is 2.32. The maximum atomic E-state index is 12.7. The lowest BCUT2D eigenvalue weighted by Gasteiger charge is -2.32. The predicted octanol–water partition coefficient (Wildman–Crippen LogP) is 3.03. The van der Waals surface area contributed by atoms with Gasteiger partial charge in [0.1, 0.15) is 4.90 Å². The minimum Gasteiger partial charge on any atom is -0.326 e. The molecule has 7 heteroatoms. The van der Waals surface area contributed by atoms with E-state index < -0.39 is 10.0 Å². The molecular formula is C13H21BrN2O2S2. The van der Waals surface area contributed by atoms with Gasteiger partial charge in [-0.15, -0.1) is 11.3 Å². The number of rotatable bonds is 4. The Balaban J connectivity index is 2.17. The summed E-state index contributed by atoms with van der Waals surface area (Å²) in [4.78, 5) is 1.25. The van der Waals surface area contributed by atoms with E-state index >= 15 is 0 Å². The average molecular weight is 381 g/mol. The Morgan fingerprint density at radius 2 is 2.05 bits per heavy atom. The first-order valence-electron chi connectivity index (χ1n) is 6.84. The molecule has 2 N–H and O–H groups in total. The molecule has 0 spiro atoms. The van der Waals surface area contributed by atoms with Crippen LogP contribution >= 0.6 is 27.3 Å². The number of nitrogens with zero attached hydrogens (tertiary/aromatic N) is 1. The van der Waals surface area contributed by atoms with Gasteiger partial charge in [0.25, 0.3) is 0 Å². The lowest BCUT2D eigenvalue weighted by Crippen LogP contribution is -2.39. The topological polar surface area (TPSA) is 63.4 Å². The van der Waals surface area contributed by atoms with Crippen molar-refractivity contribution in [2.45, 2.75) is 38.1 Å². The van der Waals surface area contributed by atoms with Gasteiger partial charge in [-0.3, -0.25) is 0 Å². The Morgan fingerprint density at radius 3 is 2.50 bits per heavy atom. The first-order chi connectivity index (χ1) is 9.36. The Kier molecular flexibility index (Phi) is 5.29. The predicted molar refractivity (Wildman–Crippen MR) is 86.2 cm³/mol. The number of nitrogens with two attached hydrogens (primary N) is 1. The Labute approximate surface area is 133 Å². The molecule has 1 saturated heterocycles. The maximum Gasteiger partial charge on any atom is 0.245 e. The van der Waals surface area contributed by atoms with Crippen LogP contribution in [0.5, 0.6) is 0 Å². The summed E-state index contributed by atoms with van der Waals surface area (Å²) in [6.45, 7) is 6.01. The molecule has 1 aliphatic rings. The van der Waals surface area contributed by atoms with Crippen molar-refractivity contribution in [2.24, 2.45) is 17.6 Å². The van der Waals surface area contributed by atoms with Crippen LogP contribution in [0.25, 0.3) is 0 Å². The van der Waals surface area contributed by atoms with Gasteiger partial charge in [0, 0.05) is 24.5 Å². The fourth-order valence-corrected chi connectivity index (χ4v) is 6.58. The van der Waals surface area contributed by atoms with Crippen molar-refractivity contribution in [2.75, 3.05) is 13.1 Å². The molecule has 0 bridgehead atoms. The zero-order valence-electron chi connectivity index (χ0n) is 11.8. The fourth-order valence-electron chi connectivity index (χ4n) is 2.60. The van der Waals surface area contributed by atoms with Gasteiger partial charge in [-0.2, -0.15) is 4.31 Å². The van der Waals surface area contributed by atoms with Crippen molar-refractivity contribution in [3.8, 4) is 0 Å². The second kappa shape index (κ2) is 6.44. The van der Waals surface area contributed by atoms with Crippen LogP contribution in [0.2, 0.25) is 0 Å². The van der Waals surface area contributed by atoms with Gasteiger partial charge in [0.2, 0.25) is 10.0 Å². The standard InChI is InChI=1S/C13H21BrN2O2S2/c1-9(2)10-3-5-16(6-4-10)20(17,18)12-7-11(8-15)19-13(12)14/h7,9-10H,3-6,8,15H2,1-2H3. The average Bonchev–Trinajstić information content (AvgIpc) is 2.81. The first kappa shape index (κ1) is 16.4. The quantitative estimate of drug-likeness (QED) is 0.872. The molecule has 4 nitrogen and oxygen atoms in total. The molecule has 0 unspecified atom stereocenters. The minimum absolute atomic E-state index is 0.367. The SMILES string of the molecule is CC(C)C1CCN(S(=O)(=O)c2cc(CN)sc2Br)CC1. The van der Waals surface area contributed by atoms with Crippen LogP contribution in [0.4, 0.5) is 0 Å². The van der Waals surface area contributed by atoms with Crippen molar-refractivity contribution in [3.63, 3.8) is 0 Å². The molecule has 20 heavy (non-hydrogen) atoms. The number of thiophene rings is 1. The van der Waals surface area contributed by atoms with Crippen LogP contribution in [-0.2, 0) is 16.6 Å². The molecule has 0 radical (unpaired) electrons. The summed E-state index contributed by atoms with van der Waals surface area (Å²) in [7, 11) is -3.39. The van der Waals surface area contributed by atoms with Gasteiger partial charge in [-0.05, 0) is 46.7 Å². The summed E-state index contributed by atoms with van der Waals surface area (Å²) in [5, 5.41) is 0. The number of hydrogen-bond acceptors (Lipinski definition) is 4. The van der Waals surface area contributed by atoms with E-state index in [2.05, 4.69) is 29.8 Å². The molecular weight excluding hydrogens is 360 g/mol. The van der Waals surface area contributed by atoms with E-state index in [1.54, 1.807) is 10.4 Å². The van der Waals surface area contributed by atoms with Crippen molar-refractivity contribution in [1.82, 2.24) is 4.31 Å². The highest BCUT2D eigenvalue weighted by atomic mass is 79.9. The number of sulfonamides is 1. The van der Waals surface area contributed by atoms with Crippen LogP contribution < -0.4 is 5.73 Å². The van der Waals surface area contributed by atoms with Crippen molar-refractivity contribution < 1.29 is 8.42 Å². The lowest BCUT2D eigenvalue weighted by atomic mass is 9.87. The number of hydrogen-bond donors (Lipinski definition) is 1.